The third kappa shape index (κ3) is 4.30. The highest BCUT2D eigenvalue weighted by Crippen LogP contribution is 2.36. The summed E-state index contributed by atoms with van der Waals surface area (Å²) in [6.45, 7) is 5.68. The van der Waals surface area contributed by atoms with Gasteiger partial charge in [-0.2, -0.15) is 0 Å². The number of carbonyl (C=O) groups excluding carboxylic acids is 1. The van der Waals surface area contributed by atoms with Crippen molar-refractivity contribution in [3.63, 3.8) is 0 Å². The lowest BCUT2D eigenvalue weighted by molar-refractivity contribution is -0.141. The molecule has 0 spiro atoms. The first-order valence-corrected chi connectivity index (χ1v) is 8.00. The third-order valence-electron chi connectivity index (χ3n) is 3.66. The Bertz CT molecular complexity index is 627. The summed E-state index contributed by atoms with van der Waals surface area (Å²) < 4.78 is 5.32. The molecule has 1 aliphatic rings. The Labute approximate surface area is 145 Å². The molecule has 0 bridgehead atoms. The zero-order valence-corrected chi connectivity index (χ0v) is 14.7. The van der Waals surface area contributed by atoms with Gasteiger partial charge in [-0.1, -0.05) is 29.3 Å². The van der Waals surface area contributed by atoms with Crippen LogP contribution in [0.3, 0.4) is 0 Å². The minimum Gasteiger partial charge on any atom is -0.481 e. The molecule has 0 radical (unpaired) electrons. The van der Waals surface area contributed by atoms with Gasteiger partial charge in [0.05, 0.1) is 16.0 Å². The summed E-state index contributed by atoms with van der Waals surface area (Å²) in [6, 6.07) is 5.03. The third-order valence-corrected chi connectivity index (χ3v) is 4.40. The molecule has 0 aliphatic carbocycles. The maximum Gasteiger partial charge on any atom is 0.410 e. The van der Waals surface area contributed by atoms with E-state index in [0.717, 1.165) is 5.56 Å². The largest absolute Gasteiger partial charge is 0.481 e. The van der Waals surface area contributed by atoms with Crippen molar-refractivity contribution in [2.75, 3.05) is 13.1 Å². The minimum atomic E-state index is -0.952. The molecule has 2 atom stereocenters. The van der Waals surface area contributed by atoms with Crippen LogP contribution < -0.4 is 0 Å². The Hall–Kier alpha value is -1.46. The van der Waals surface area contributed by atoms with Crippen LogP contribution in [-0.2, 0) is 9.53 Å². The van der Waals surface area contributed by atoms with Gasteiger partial charge in [0.2, 0.25) is 0 Å². The van der Waals surface area contributed by atoms with Crippen LogP contribution in [0.4, 0.5) is 4.79 Å². The Morgan fingerprint density at radius 1 is 1.22 bits per heavy atom. The van der Waals surface area contributed by atoms with Gasteiger partial charge in [-0.05, 0) is 38.5 Å². The molecule has 5 nitrogen and oxygen atoms in total. The number of ether oxygens (including phenoxy) is 1. The van der Waals surface area contributed by atoms with Crippen molar-refractivity contribution >= 4 is 35.3 Å². The topological polar surface area (TPSA) is 66.8 Å². The Kier molecular flexibility index (Phi) is 5.11. The van der Waals surface area contributed by atoms with Crippen LogP contribution in [0.5, 0.6) is 0 Å². The van der Waals surface area contributed by atoms with Gasteiger partial charge in [0, 0.05) is 19.0 Å². The lowest BCUT2D eigenvalue weighted by atomic mass is 9.89. The van der Waals surface area contributed by atoms with E-state index in [9.17, 15) is 14.7 Å². The molecule has 1 aromatic carbocycles. The molecular formula is C16H19Cl2NO4. The average Bonchev–Trinajstić information content (AvgIpc) is 2.85. The van der Waals surface area contributed by atoms with Crippen LogP contribution in [0, 0.1) is 5.92 Å². The molecule has 1 heterocycles. The molecule has 1 saturated heterocycles. The Morgan fingerprint density at radius 2 is 1.87 bits per heavy atom. The fourth-order valence-corrected chi connectivity index (χ4v) is 2.92. The summed E-state index contributed by atoms with van der Waals surface area (Å²) >= 11 is 11.9. The predicted octanol–water partition coefficient (Wildman–Crippen LogP) is 4.03. The number of carboxylic acids is 1. The van der Waals surface area contributed by atoms with Crippen molar-refractivity contribution in [2.24, 2.45) is 5.92 Å². The second kappa shape index (κ2) is 6.57. The van der Waals surface area contributed by atoms with Gasteiger partial charge in [0.15, 0.2) is 0 Å². The highest BCUT2D eigenvalue weighted by Gasteiger charge is 2.41. The Balaban J connectivity index is 2.23. The number of aliphatic carboxylic acids is 1. The predicted molar refractivity (Wildman–Crippen MR) is 88.1 cm³/mol. The van der Waals surface area contributed by atoms with Gasteiger partial charge in [-0.15, -0.1) is 0 Å². The van der Waals surface area contributed by atoms with Crippen molar-refractivity contribution in [1.29, 1.82) is 0 Å². The van der Waals surface area contributed by atoms with Crippen LogP contribution >= 0.6 is 23.2 Å². The molecular weight excluding hydrogens is 341 g/mol. The number of hydrogen-bond donors (Lipinski definition) is 1. The van der Waals surface area contributed by atoms with E-state index < -0.39 is 23.6 Å². The van der Waals surface area contributed by atoms with Gasteiger partial charge < -0.3 is 14.7 Å². The maximum absolute atomic E-state index is 12.2. The average molecular weight is 360 g/mol. The van der Waals surface area contributed by atoms with Crippen molar-refractivity contribution in [1.82, 2.24) is 4.90 Å². The number of halogens is 2. The van der Waals surface area contributed by atoms with E-state index in [4.69, 9.17) is 27.9 Å². The number of likely N-dealkylation sites (tertiary alicyclic amines) is 1. The number of nitrogens with zero attached hydrogens (tertiary/aromatic N) is 1. The highest BCUT2D eigenvalue weighted by atomic mass is 35.5. The van der Waals surface area contributed by atoms with Gasteiger partial charge in [0.25, 0.3) is 0 Å². The molecule has 23 heavy (non-hydrogen) atoms. The van der Waals surface area contributed by atoms with Crippen molar-refractivity contribution in [3.8, 4) is 0 Å². The fourth-order valence-electron chi connectivity index (χ4n) is 2.61. The number of amides is 1. The lowest BCUT2D eigenvalue weighted by Gasteiger charge is -2.24. The SMILES string of the molecule is CC(C)(C)OC(=O)N1C[C@@H](C(=O)O)[C@H](c2ccc(Cl)c(Cl)c2)C1. The molecule has 0 saturated carbocycles. The van der Waals surface area contributed by atoms with Crippen LogP contribution in [0.15, 0.2) is 18.2 Å². The molecule has 1 fully saturated rings. The number of carboxylic acid groups (broad SMARTS) is 1. The van der Waals surface area contributed by atoms with Crippen LogP contribution in [0.2, 0.25) is 10.0 Å². The van der Waals surface area contributed by atoms with Crippen LogP contribution in [0.1, 0.15) is 32.3 Å². The minimum absolute atomic E-state index is 0.106. The van der Waals surface area contributed by atoms with Gasteiger partial charge in [-0.3, -0.25) is 4.79 Å². The summed E-state index contributed by atoms with van der Waals surface area (Å²) in [5.74, 6) is -2.01. The molecule has 2 rings (SSSR count). The molecule has 1 N–H and O–H groups in total. The second-order valence-corrected chi connectivity index (χ2v) is 7.42. The quantitative estimate of drug-likeness (QED) is 0.865. The van der Waals surface area contributed by atoms with Crippen molar-refractivity contribution < 1.29 is 19.4 Å². The first-order valence-electron chi connectivity index (χ1n) is 7.24. The molecule has 7 heteroatoms. The van der Waals surface area contributed by atoms with E-state index in [2.05, 4.69) is 0 Å². The van der Waals surface area contributed by atoms with E-state index >= 15 is 0 Å². The molecule has 1 amide bonds. The zero-order chi connectivity index (χ0) is 17.4. The normalized spacial score (nSPS) is 21.3. The molecule has 0 unspecified atom stereocenters. The van der Waals surface area contributed by atoms with Crippen molar-refractivity contribution in [3.05, 3.63) is 33.8 Å². The second-order valence-electron chi connectivity index (χ2n) is 6.61. The van der Waals surface area contributed by atoms with Crippen LogP contribution in [-0.4, -0.2) is 40.8 Å². The summed E-state index contributed by atoms with van der Waals surface area (Å²) in [4.78, 5) is 25.2. The number of rotatable bonds is 2. The molecule has 1 aliphatic heterocycles. The Morgan fingerprint density at radius 3 is 2.39 bits per heavy atom. The number of carbonyl (C=O) groups is 2. The first-order chi connectivity index (χ1) is 10.6. The zero-order valence-electron chi connectivity index (χ0n) is 13.2. The number of benzene rings is 1. The van der Waals surface area contributed by atoms with Gasteiger partial charge in [-0.25, -0.2) is 4.79 Å². The fraction of sp³-hybridized carbons (Fsp3) is 0.500. The van der Waals surface area contributed by atoms with E-state index in [1.807, 2.05) is 0 Å². The maximum atomic E-state index is 12.2. The molecule has 126 valence electrons. The molecule has 0 aromatic heterocycles. The lowest BCUT2D eigenvalue weighted by Crippen LogP contribution is -2.35. The van der Waals surface area contributed by atoms with E-state index in [-0.39, 0.29) is 19.0 Å². The first kappa shape index (κ1) is 17.9. The van der Waals surface area contributed by atoms with E-state index in [1.54, 1.807) is 39.0 Å². The summed E-state index contributed by atoms with van der Waals surface area (Å²) in [5, 5.41) is 10.2. The van der Waals surface area contributed by atoms with E-state index in [1.165, 1.54) is 4.90 Å². The monoisotopic (exact) mass is 359 g/mol. The number of hydrogen-bond acceptors (Lipinski definition) is 3. The summed E-state index contributed by atoms with van der Waals surface area (Å²) in [7, 11) is 0. The highest BCUT2D eigenvalue weighted by molar-refractivity contribution is 6.42. The molecule has 1 aromatic rings. The van der Waals surface area contributed by atoms with Crippen LogP contribution in [0.25, 0.3) is 0 Å². The summed E-state index contributed by atoms with van der Waals surface area (Å²) in [6.07, 6.45) is -0.508. The smallest absolute Gasteiger partial charge is 0.410 e. The van der Waals surface area contributed by atoms with Gasteiger partial charge in [0.1, 0.15) is 5.60 Å². The van der Waals surface area contributed by atoms with E-state index in [0.29, 0.717) is 10.0 Å². The van der Waals surface area contributed by atoms with Crippen molar-refractivity contribution in [2.45, 2.75) is 32.3 Å². The summed E-state index contributed by atoms with van der Waals surface area (Å²) in [5.41, 5.74) is 0.121. The van der Waals surface area contributed by atoms with Gasteiger partial charge >= 0.3 is 12.1 Å². The standard InChI is InChI=1S/C16H19Cl2NO4/c1-16(2,3)23-15(22)19-7-10(11(8-19)14(20)21)9-4-5-12(17)13(18)6-9/h4-6,10-11H,7-8H2,1-3H3,(H,20,21)/t10-,11+/m0/s1.